The van der Waals surface area contributed by atoms with E-state index in [-0.39, 0.29) is 5.91 Å². The van der Waals surface area contributed by atoms with Crippen molar-refractivity contribution in [1.29, 1.82) is 0 Å². The topological polar surface area (TPSA) is 41.1 Å². The first-order valence-corrected chi connectivity index (χ1v) is 10.4. The fraction of sp³-hybridized carbons (Fsp3) is 0.150. The number of fused-ring (bicyclic) bond motifs is 1. The molecular formula is C20H17Br3N2O. The Kier molecular flexibility index (Phi) is 6.05. The summed E-state index contributed by atoms with van der Waals surface area (Å²) in [6, 6.07) is 21.7. The van der Waals surface area contributed by atoms with Crippen molar-refractivity contribution in [3.8, 4) is 0 Å². The van der Waals surface area contributed by atoms with Crippen LogP contribution in [-0.4, -0.2) is 14.2 Å². The van der Waals surface area contributed by atoms with Crippen molar-refractivity contribution in [1.82, 2.24) is 5.32 Å². The van der Waals surface area contributed by atoms with E-state index in [0.29, 0.717) is 5.56 Å². The number of hydrogen-bond acceptors (Lipinski definition) is 2. The van der Waals surface area contributed by atoms with E-state index < -0.39 is 8.31 Å². The maximum Gasteiger partial charge on any atom is 0.252 e. The fourth-order valence-corrected chi connectivity index (χ4v) is 3.25. The van der Waals surface area contributed by atoms with Gasteiger partial charge >= 0.3 is 0 Å². The third-order valence-corrected chi connectivity index (χ3v) is 5.35. The Morgan fingerprint density at radius 1 is 0.923 bits per heavy atom. The van der Waals surface area contributed by atoms with Gasteiger partial charge in [-0.2, -0.15) is 0 Å². The van der Waals surface area contributed by atoms with Crippen LogP contribution in [0.5, 0.6) is 0 Å². The first-order valence-electron chi connectivity index (χ1n) is 8.02. The van der Waals surface area contributed by atoms with Gasteiger partial charge in [-0.15, -0.1) is 0 Å². The number of hydrogen-bond donors (Lipinski definition) is 2. The summed E-state index contributed by atoms with van der Waals surface area (Å²) in [5.41, 5.74) is 2.63. The molecule has 0 unspecified atom stereocenters. The number of nitrogens with one attached hydrogen (secondary N) is 2. The van der Waals surface area contributed by atoms with Gasteiger partial charge in [0.25, 0.3) is 5.91 Å². The number of rotatable bonds is 4. The van der Waals surface area contributed by atoms with Crippen LogP contribution in [0.25, 0.3) is 10.8 Å². The van der Waals surface area contributed by atoms with Gasteiger partial charge < -0.3 is 10.6 Å². The highest BCUT2D eigenvalue weighted by molar-refractivity contribution is 9.39. The lowest BCUT2D eigenvalue weighted by Gasteiger charge is -2.28. The minimum Gasteiger partial charge on any atom is -0.363 e. The predicted octanol–water partition coefficient (Wildman–Crippen LogP) is 6.15. The van der Waals surface area contributed by atoms with Crippen LogP contribution in [0, 0.1) is 6.92 Å². The third kappa shape index (κ3) is 4.87. The summed E-state index contributed by atoms with van der Waals surface area (Å²) in [6.45, 7) is 1.99. The second-order valence-corrected chi connectivity index (χ2v) is 13.0. The SMILES string of the molecule is Cc1ccc(C(=O)N[C@@H](Nc2ccc3ccccc3c2)C(Br)(Br)Br)cc1. The molecular weight excluding hydrogens is 524 g/mol. The predicted molar refractivity (Wildman–Crippen MR) is 120 cm³/mol. The van der Waals surface area contributed by atoms with Crippen LogP contribution in [0.4, 0.5) is 5.69 Å². The van der Waals surface area contributed by atoms with Crippen LogP contribution < -0.4 is 10.6 Å². The number of aryl methyl sites for hydroxylation is 1. The molecule has 3 nitrogen and oxygen atoms in total. The van der Waals surface area contributed by atoms with Gasteiger partial charge in [0.15, 0.2) is 2.14 Å². The molecule has 0 spiro atoms. The van der Waals surface area contributed by atoms with Crippen LogP contribution in [-0.2, 0) is 0 Å². The summed E-state index contributed by atoms with van der Waals surface area (Å²) in [7, 11) is 0. The Bertz CT molecular complexity index is 920. The van der Waals surface area contributed by atoms with Crippen molar-refractivity contribution in [2.24, 2.45) is 0 Å². The number of halogens is 3. The van der Waals surface area contributed by atoms with E-state index in [1.165, 1.54) is 5.39 Å². The van der Waals surface area contributed by atoms with Crippen molar-refractivity contribution in [2.45, 2.75) is 15.2 Å². The Hall–Kier alpha value is -1.37. The monoisotopic (exact) mass is 538 g/mol. The molecule has 0 bridgehead atoms. The van der Waals surface area contributed by atoms with E-state index >= 15 is 0 Å². The van der Waals surface area contributed by atoms with Crippen LogP contribution in [0.1, 0.15) is 15.9 Å². The number of alkyl halides is 3. The summed E-state index contributed by atoms with van der Waals surface area (Å²) in [5, 5.41) is 8.65. The molecule has 1 atom stereocenters. The maximum atomic E-state index is 12.6. The summed E-state index contributed by atoms with van der Waals surface area (Å²) in [6.07, 6.45) is -0.447. The minimum atomic E-state index is -0.709. The second-order valence-electron chi connectivity index (χ2n) is 6.02. The molecule has 0 aliphatic heterocycles. The molecule has 3 aromatic carbocycles. The van der Waals surface area contributed by atoms with E-state index in [1.54, 1.807) is 0 Å². The average Bonchev–Trinajstić information content (AvgIpc) is 2.61. The van der Waals surface area contributed by atoms with Crippen LogP contribution in [0.2, 0.25) is 0 Å². The van der Waals surface area contributed by atoms with Gasteiger partial charge in [-0.3, -0.25) is 4.79 Å². The van der Waals surface area contributed by atoms with E-state index in [9.17, 15) is 4.79 Å². The van der Waals surface area contributed by atoms with Gasteiger partial charge in [0, 0.05) is 11.3 Å². The van der Waals surface area contributed by atoms with Crippen molar-refractivity contribution < 1.29 is 4.79 Å². The lowest BCUT2D eigenvalue weighted by molar-refractivity contribution is 0.0943. The van der Waals surface area contributed by atoms with Gasteiger partial charge in [0.2, 0.25) is 0 Å². The Labute approximate surface area is 177 Å². The molecule has 0 saturated carbocycles. The quantitative estimate of drug-likeness (QED) is 0.308. The molecule has 1 amide bonds. The average molecular weight is 541 g/mol. The molecule has 0 aromatic heterocycles. The molecule has 134 valence electrons. The highest BCUT2D eigenvalue weighted by Crippen LogP contribution is 2.38. The molecule has 0 aliphatic carbocycles. The molecule has 3 aromatic rings. The summed E-state index contributed by atoms with van der Waals surface area (Å²) < 4.78 is -0.709. The molecule has 0 fully saturated rings. The molecule has 0 saturated heterocycles. The van der Waals surface area contributed by atoms with Gasteiger partial charge in [0.05, 0.1) is 0 Å². The van der Waals surface area contributed by atoms with E-state index in [0.717, 1.165) is 16.6 Å². The van der Waals surface area contributed by atoms with Gasteiger partial charge in [-0.1, -0.05) is 95.8 Å². The lowest BCUT2D eigenvalue weighted by Crippen LogP contribution is -2.48. The molecule has 0 aliphatic rings. The minimum absolute atomic E-state index is 0.161. The molecule has 26 heavy (non-hydrogen) atoms. The number of carbonyl (C=O) groups is 1. The van der Waals surface area contributed by atoms with Crippen molar-refractivity contribution in [3.05, 3.63) is 77.9 Å². The number of amides is 1. The van der Waals surface area contributed by atoms with E-state index in [1.807, 2.05) is 49.4 Å². The number of carbonyl (C=O) groups excluding carboxylic acids is 1. The zero-order valence-electron chi connectivity index (χ0n) is 14.0. The lowest BCUT2D eigenvalue weighted by atomic mass is 10.1. The Morgan fingerprint density at radius 2 is 1.58 bits per heavy atom. The molecule has 0 heterocycles. The maximum absolute atomic E-state index is 12.6. The van der Waals surface area contributed by atoms with Crippen LogP contribution in [0.3, 0.4) is 0 Å². The molecule has 3 rings (SSSR count). The zero-order valence-corrected chi connectivity index (χ0v) is 18.7. The van der Waals surface area contributed by atoms with Crippen molar-refractivity contribution in [3.63, 3.8) is 0 Å². The number of anilines is 1. The Balaban J connectivity index is 1.81. The highest BCUT2D eigenvalue weighted by Gasteiger charge is 2.32. The van der Waals surface area contributed by atoms with E-state index in [2.05, 4.69) is 82.7 Å². The van der Waals surface area contributed by atoms with Crippen molar-refractivity contribution >= 4 is 70.2 Å². The summed E-state index contributed by atoms with van der Waals surface area (Å²) >= 11 is 10.6. The van der Waals surface area contributed by atoms with Gasteiger partial charge in [-0.25, -0.2) is 0 Å². The van der Waals surface area contributed by atoms with Gasteiger partial charge in [-0.05, 0) is 42.0 Å². The standard InChI is InChI=1S/C20H17Br3N2O/c1-13-6-8-15(9-7-13)18(26)25-19(20(21,22)23)24-17-11-10-14-4-2-3-5-16(14)12-17/h2-12,19,24H,1H3,(H,25,26)/t19-/m1/s1. The smallest absolute Gasteiger partial charge is 0.252 e. The normalized spacial score (nSPS) is 12.6. The Morgan fingerprint density at radius 3 is 2.23 bits per heavy atom. The van der Waals surface area contributed by atoms with Crippen LogP contribution >= 0.6 is 47.8 Å². The highest BCUT2D eigenvalue weighted by atomic mass is 80.0. The first kappa shape index (κ1) is 19.4. The third-order valence-electron chi connectivity index (χ3n) is 3.98. The number of benzene rings is 3. The second kappa shape index (κ2) is 8.11. The zero-order chi connectivity index (χ0) is 18.7. The first-order chi connectivity index (χ1) is 12.3. The summed E-state index contributed by atoms with van der Waals surface area (Å²) in [4.78, 5) is 12.6. The molecule has 0 radical (unpaired) electrons. The van der Waals surface area contributed by atoms with Gasteiger partial charge in [0.1, 0.15) is 6.17 Å². The van der Waals surface area contributed by atoms with Crippen molar-refractivity contribution in [2.75, 3.05) is 5.32 Å². The fourth-order valence-electron chi connectivity index (χ4n) is 2.56. The van der Waals surface area contributed by atoms with E-state index in [4.69, 9.17) is 0 Å². The summed E-state index contributed by atoms with van der Waals surface area (Å²) in [5.74, 6) is -0.161. The largest absolute Gasteiger partial charge is 0.363 e. The molecule has 6 heteroatoms. The van der Waals surface area contributed by atoms with Crippen LogP contribution in [0.15, 0.2) is 66.7 Å². The molecule has 2 N–H and O–H groups in total.